The average Bonchev–Trinajstić information content (AvgIpc) is 1.77. The highest BCUT2D eigenvalue weighted by Crippen LogP contribution is 2.06. The van der Waals surface area contributed by atoms with Gasteiger partial charge in [-0.3, -0.25) is 0 Å². The third-order valence-electron chi connectivity index (χ3n) is 0.737. The molecule has 8 heavy (non-hydrogen) atoms. The van der Waals surface area contributed by atoms with Crippen LogP contribution in [0, 0.1) is 13.2 Å². The summed E-state index contributed by atoms with van der Waals surface area (Å²) in [7, 11) is 0. The Balaban J connectivity index is 3.03. The van der Waals surface area contributed by atoms with Gasteiger partial charge in [-0.05, 0) is 69.4 Å². The van der Waals surface area contributed by atoms with Gasteiger partial charge in [0.2, 0.25) is 0 Å². The van der Waals surface area contributed by atoms with Crippen LogP contribution in [0.15, 0.2) is 18.2 Å². The highest BCUT2D eigenvalue weighted by Gasteiger charge is 1.83. The summed E-state index contributed by atoms with van der Waals surface area (Å²) in [4.78, 5) is 0. The van der Waals surface area contributed by atoms with Gasteiger partial charge in [-0.25, -0.2) is 0 Å². The van der Waals surface area contributed by atoms with E-state index in [4.69, 9.17) is 0 Å². The summed E-state index contributed by atoms with van der Waals surface area (Å²) in [5.74, 6) is 0. The summed E-state index contributed by atoms with van der Waals surface area (Å²) >= 11 is 4.50. The second kappa shape index (κ2) is 3.00. The Labute approximate surface area is 76.0 Å². The Morgan fingerprint density at radius 1 is 1.25 bits per heavy atom. The first-order valence-electron chi connectivity index (χ1n) is 2.12. The molecule has 0 aromatic heterocycles. The molecule has 0 nitrogen and oxygen atoms in total. The molecule has 0 amide bonds. The Morgan fingerprint density at radius 2 is 2.00 bits per heavy atom. The van der Waals surface area contributed by atoms with Crippen molar-refractivity contribution in [3.8, 4) is 0 Å². The molecule has 2 heteroatoms. The van der Waals surface area contributed by atoms with E-state index < -0.39 is 0 Å². The second-order valence-corrected chi connectivity index (χ2v) is 3.76. The summed E-state index contributed by atoms with van der Waals surface area (Å²) in [6.45, 7) is 0. The molecular weight excluding hydrogens is 326 g/mol. The maximum absolute atomic E-state index is 3.08. The summed E-state index contributed by atoms with van der Waals surface area (Å²) in [5, 5.41) is 0. The molecule has 0 atom stereocenters. The minimum Gasteiger partial charge on any atom is -0.0477 e. The van der Waals surface area contributed by atoms with Crippen molar-refractivity contribution in [3.05, 3.63) is 31.4 Å². The van der Waals surface area contributed by atoms with E-state index in [9.17, 15) is 0 Å². The van der Waals surface area contributed by atoms with Gasteiger partial charge in [0.05, 0.1) is 0 Å². The van der Waals surface area contributed by atoms with Crippen molar-refractivity contribution in [2.75, 3.05) is 0 Å². The molecule has 0 N–H and O–H groups in total. The topological polar surface area (TPSA) is 0 Å². The van der Waals surface area contributed by atoms with E-state index in [0.29, 0.717) is 0 Å². The molecule has 1 aromatic carbocycles. The highest BCUT2D eigenvalue weighted by atomic mass is 127. The standard InChI is InChI=1S/C6H3I2/c7-5-1-2-6(8)4-3-5/h1-3H. The monoisotopic (exact) mass is 329 g/mol. The van der Waals surface area contributed by atoms with Gasteiger partial charge in [0.1, 0.15) is 0 Å². The fourth-order valence-electron chi connectivity index (χ4n) is 0.387. The lowest BCUT2D eigenvalue weighted by Crippen LogP contribution is -1.70. The molecule has 0 aliphatic rings. The van der Waals surface area contributed by atoms with Crippen LogP contribution in [-0.2, 0) is 0 Å². The van der Waals surface area contributed by atoms with E-state index in [1.165, 1.54) is 7.14 Å². The summed E-state index contributed by atoms with van der Waals surface area (Å²) in [6, 6.07) is 9.17. The molecule has 1 aromatic rings. The van der Waals surface area contributed by atoms with Crippen LogP contribution >= 0.6 is 45.2 Å². The summed E-state index contributed by atoms with van der Waals surface area (Å²) < 4.78 is 2.41. The highest BCUT2D eigenvalue weighted by molar-refractivity contribution is 14.1. The average molecular weight is 329 g/mol. The van der Waals surface area contributed by atoms with Gasteiger partial charge in [0, 0.05) is 7.14 Å². The molecule has 0 fully saturated rings. The summed E-state index contributed by atoms with van der Waals surface area (Å²) in [5.41, 5.74) is 0. The molecule has 1 radical (unpaired) electrons. The smallest absolute Gasteiger partial charge is 0.0209 e. The van der Waals surface area contributed by atoms with Crippen LogP contribution in [0.3, 0.4) is 0 Å². The van der Waals surface area contributed by atoms with E-state index in [1.54, 1.807) is 0 Å². The largest absolute Gasteiger partial charge is 0.0477 e. The van der Waals surface area contributed by atoms with Crippen molar-refractivity contribution in [1.29, 1.82) is 0 Å². The van der Waals surface area contributed by atoms with Crippen molar-refractivity contribution in [3.63, 3.8) is 0 Å². The number of hydrogen-bond donors (Lipinski definition) is 0. The van der Waals surface area contributed by atoms with Crippen LogP contribution in [0.25, 0.3) is 0 Å². The first-order chi connectivity index (χ1) is 3.79. The minimum atomic E-state index is 1.17. The molecular formula is C6H3I2. The molecule has 0 saturated carbocycles. The quantitative estimate of drug-likeness (QED) is 0.642. The van der Waals surface area contributed by atoms with Crippen LogP contribution in [0.5, 0.6) is 0 Å². The minimum absolute atomic E-state index is 1.17. The zero-order valence-electron chi connectivity index (χ0n) is 3.99. The number of hydrogen-bond acceptors (Lipinski definition) is 0. The fraction of sp³-hybridized carbons (Fsp3) is 0. The van der Waals surface area contributed by atoms with Crippen molar-refractivity contribution in [1.82, 2.24) is 0 Å². The van der Waals surface area contributed by atoms with E-state index in [2.05, 4.69) is 57.3 Å². The lowest BCUT2D eigenvalue weighted by Gasteiger charge is -1.86. The molecule has 41 valence electrons. The van der Waals surface area contributed by atoms with Gasteiger partial charge in [-0.2, -0.15) is 0 Å². The molecule has 0 saturated heterocycles. The van der Waals surface area contributed by atoms with Gasteiger partial charge in [-0.15, -0.1) is 0 Å². The fourth-order valence-corrected chi connectivity index (χ4v) is 1.06. The lowest BCUT2D eigenvalue weighted by atomic mass is 10.4. The van der Waals surface area contributed by atoms with Crippen LogP contribution in [0.1, 0.15) is 0 Å². The van der Waals surface area contributed by atoms with E-state index in [-0.39, 0.29) is 0 Å². The Morgan fingerprint density at radius 3 is 2.38 bits per heavy atom. The van der Waals surface area contributed by atoms with Gasteiger partial charge >= 0.3 is 0 Å². The number of rotatable bonds is 0. The summed E-state index contributed by atoms with van der Waals surface area (Å²) in [6.07, 6.45) is 0. The SMILES string of the molecule is Ic1[c]cc(I)cc1. The van der Waals surface area contributed by atoms with Crippen LogP contribution in [-0.4, -0.2) is 0 Å². The third-order valence-corrected chi connectivity index (χ3v) is 2.08. The molecule has 1 rings (SSSR count). The van der Waals surface area contributed by atoms with Gasteiger partial charge in [-0.1, -0.05) is 0 Å². The maximum atomic E-state index is 3.08. The third kappa shape index (κ3) is 1.89. The Kier molecular flexibility index (Phi) is 2.55. The zero-order chi connectivity index (χ0) is 5.98. The Hall–Kier alpha value is 0.680. The molecule has 0 spiro atoms. The predicted octanol–water partition coefficient (Wildman–Crippen LogP) is 2.70. The normalized spacial score (nSPS) is 9.25. The van der Waals surface area contributed by atoms with E-state index >= 15 is 0 Å². The van der Waals surface area contributed by atoms with Crippen molar-refractivity contribution in [2.45, 2.75) is 0 Å². The Bertz CT molecular complexity index is 145. The van der Waals surface area contributed by atoms with Crippen LogP contribution < -0.4 is 0 Å². The molecule has 0 unspecified atom stereocenters. The van der Waals surface area contributed by atoms with Crippen LogP contribution in [0.2, 0.25) is 0 Å². The number of halogens is 2. The molecule has 0 aliphatic carbocycles. The maximum Gasteiger partial charge on any atom is 0.0209 e. The van der Waals surface area contributed by atoms with E-state index in [1.807, 2.05) is 12.1 Å². The van der Waals surface area contributed by atoms with Gasteiger partial charge in [0.25, 0.3) is 0 Å². The lowest BCUT2D eigenvalue weighted by molar-refractivity contribution is 1.58. The zero-order valence-corrected chi connectivity index (χ0v) is 8.30. The van der Waals surface area contributed by atoms with Gasteiger partial charge < -0.3 is 0 Å². The first kappa shape index (κ1) is 6.80. The molecule has 0 bridgehead atoms. The molecule has 0 heterocycles. The second-order valence-electron chi connectivity index (χ2n) is 1.35. The van der Waals surface area contributed by atoms with Crippen molar-refractivity contribution in [2.24, 2.45) is 0 Å². The first-order valence-corrected chi connectivity index (χ1v) is 4.27. The van der Waals surface area contributed by atoms with Crippen molar-refractivity contribution < 1.29 is 0 Å². The van der Waals surface area contributed by atoms with Gasteiger partial charge in [0.15, 0.2) is 0 Å². The number of benzene rings is 1. The van der Waals surface area contributed by atoms with Crippen molar-refractivity contribution >= 4 is 45.2 Å². The van der Waals surface area contributed by atoms with E-state index in [0.717, 1.165) is 0 Å². The van der Waals surface area contributed by atoms with Crippen LogP contribution in [0.4, 0.5) is 0 Å². The predicted molar refractivity (Wildman–Crippen MR) is 50.7 cm³/mol. The molecule has 0 aliphatic heterocycles.